The summed E-state index contributed by atoms with van der Waals surface area (Å²) in [5.74, 6) is 1.78. The lowest BCUT2D eigenvalue weighted by molar-refractivity contribution is -0.385. The number of hydrogen-bond acceptors (Lipinski definition) is 6. The number of rotatable bonds is 6. The third kappa shape index (κ3) is 3.11. The van der Waals surface area contributed by atoms with Crippen LogP contribution in [0.15, 0.2) is 24.5 Å². The third-order valence-corrected chi connectivity index (χ3v) is 5.20. The molecule has 0 unspecified atom stereocenters. The van der Waals surface area contributed by atoms with Crippen LogP contribution in [0.2, 0.25) is 0 Å². The summed E-state index contributed by atoms with van der Waals surface area (Å²) in [6.45, 7) is 3.76. The van der Waals surface area contributed by atoms with Crippen molar-refractivity contribution < 1.29 is 9.66 Å². The van der Waals surface area contributed by atoms with Crippen molar-refractivity contribution in [2.45, 2.75) is 44.6 Å². The molecular formula is C18H23N5O3. The Morgan fingerprint density at radius 1 is 1.27 bits per heavy atom. The minimum atomic E-state index is -0.337. The Morgan fingerprint density at radius 3 is 2.69 bits per heavy atom. The van der Waals surface area contributed by atoms with Crippen molar-refractivity contribution in [2.75, 3.05) is 24.6 Å². The van der Waals surface area contributed by atoms with Gasteiger partial charge in [0.25, 0.3) is 0 Å². The van der Waals surface area contributed by atoms with Crippen LogP contribution in [0.4, 0.5) is 11.4 Å². The van der Waals surface area contributed by atoms with Gasteiger partial charge in [-0.3, -0.25) is 10.1 Å². The molecule has 1 aromatic carbocycles. The minimum Gasteiger partial charge on any atom is -0.487 e. The summed E-state index contributed by atoms with van der Waals surface area (Å²) in [6, 6.07) is 5.87. The standard InChI is InChI=1S/C18H23N5O3/c1-2-26-16-5-3-4-15(17(16)23(24)25)21-10-8-13(9-11-21)18-20-19-12-22(18)14-6-7-14/h3-5,12-14H,2,6-11H2,1H3. The molecule has 1 aliphatic heterocycles. The van der Waals surface area contributed by atoms with Gasteiger partial charge in [0.2, 0.25) is 0 Å². The van der Waals surface area contributed by atoms with Gasteiger partial charge in [-0.15, -0.1) is 10.2 Å². The fourth-order valence-electron chi connectivity index (χ4n) is 3.78. The summed E-state index contributed by atoms with van der Waals surface area (Å²) in [7, 11) is 0. The molecule has 0 atom stereocenters. The van der Waals surface area contributed by atoms with Crippen molar-refractivity contribution in [3.63, 3.8) is 0 Å². The molecule has 2 aliphatic rings. The van der Waals surface area contributed by atoms with Crippen molar-refractivity contribution in [1.29, 1.82) is 0 Å². The van der Waals surface area contributed by atoms with Gasteiger partial charge in [0.15, 0.2) is 5.75 Å². The second-order valence-corrected chi connectivity index (χ2v) is 6.90. The predicted molar refractivity (Wildman–Crippen MR) is 96.7 cm³/mol. The smallest absolute Gasteiger partial charge is 0.333 e. The maximum atomic E-state index is 11.6. The topological polar surface area (TPSA) is 86.3 Å². The number of benzene rings is 1. The highest BCUT2D eigenvalue weighted by Gasteiger charge is 2.33. The minimum absolute atomic E-state index is 0.0638. The highest BCUT2D eigenvalue weighted by molar-refractivity contribution is 5.70. The van der Waals surface area contributed by atoms with E-state index in [4.69, 9.17) is 4.74 Å². The van der Waals surface area contributed by atoms with E-state index in [2.05, 4.69) is 19.7 Å². The summed E-state index contributed by atoms with van der Waals surface area (Å²) >= 11 is 0. The van der Waals surface area contributed by atoms with Crippen LogP contribution in [0.1, 0.15) is 50.4 Å². The Hall–Kier alpha value is -2.64. The van der Waals surface area contributed by atoms with Crippen molar-refractivity contribution in [3.05, 3.63) is 40.5 Å². The van der Waals surface area contributed by atoms with Crippen molar-refractivity contribution in [1.82, 2.24) is 14.8 Å². The number of aromatic nitrogens is 3. The van der Waals surface area contributed by atoms with Gasteiger partial charge in [0, 0.05) is 25.0 Å². The predicted octanol–water partition coefficient (Wildman–Crippen LogP) is 3.30. The molecule has 2 heterocycles. The highest BCUT2D eigenvalue weighted by atomic mass is 16.6. The van der Waals surface area contributed by atoms with Crippen molar-refractivity contribution in [2.24, 2.45) is 0 Å². The Kier molecular flexibility index (Phi) is 4.48. The molecule has 0 spiro atoms. The number of para-hydroxylation sites is 1. The van der Waals surface area contributed by atoms with E-state index in [9.17, 15) is 10.1 Å². The number of nitro benzene ring substituents is 1. The average molecular weight is 357 g/mol. The second-order valence-electron chi connectivity index (χ2n) is 6.90. The first-order chi connectivity index (χ1) is 12.7. The molecule has 138 valence electrons. The molecular weight excluding hydrogens is 334 g/mol. The van der Waals surface area contributed by atoms with E-state index in [1.165, 1.54) is 12.8 Å². The number of hydrogen-bond donors (Lipinski definition) is 0. The van der Waals surface area contributed by atoms with Gasteiger partial charge in [0.05, 0.1) is 11.5 Å². The van der Waals surface area contributed by atoms with Crippen LogP contribution in [0.5, 0.6) is 5.75 Å². The molecule has 2 fully saturated rings. The lowest BCUT2D eigenvalue weighted by atomic mass is 9.95. The summed E-state index contributed by atoms with van der Waals surface area (Å²) < 4.78 is 7.69. The molecule has 1 saturated carbocycles. The van der Waals surface area contributed by atoms with Gasteiger partial charge < -0.3 is 14.2 Å². The van der Waals surface area contributed by atoms with Crippen molar-refractivity contribution >= 4 is 11.4 Å². The second kappa shape index (κ2) is 6.93. The molecule has 1 aliphatic carbocycles. The molecule has 4 rings (SSSR count). The number of nitrogens with zero attached hydrogens (tertiary/aromatic N) is 5. The summed E-state index contributed by atoms with van der Waals surface area (Å²) in [4.78, 5) is 13.4. The van der Waals surface area contributed by atoms with E-state index in [1.807, 2.05) is 25.4 Å². The van der Waals surface area contributed by atoms with Crippen LogP contribution >= 0.6 is 0 Å². The van der Waals surface area contributed by atoms with E-state index in [0.717, 1.165) is 31.8 Å². The number of piperidine rings is 1. The first-order valence-corrected chi connectivity index (χ1v) is 9.23. The highest BCUT2D eigenvalue weighted by Crippen LogP contribution is 2.41. The normalized spacial score (nSPS) is 18.1. The van der Waals surface area contributed by atoms with Gasteiger partial charge in [0.1, 0.15) is 17.8 Å². The molecule has 0 bridgehead atoms. The molecule has 8 nitrogen and oxygen atoms in total. The SMILES string of the molecule is CCOc1cccc(N2CCC(c3nncn3C3CC3)CC2)c1[N+](=O)[O-]. The molecule has 1 aromatic heterocycles. The van der Waals surface area contributed by atoms with Crippen LogP contribution in [0.3, 0.4) is 0 Å². The number of anilines is 1. The van der Waals surface area contributed by atoms with Gasteiger partial charge in [-0.2, -0.15) is 0 Å². The molecule has 0 amide bonds. The van der Waals surface area contributed by atoms with Gasteiger partial charge in [-0.25, -0.2) is 0 Å². The largest absolute Gasteiger partial charge is 0.487 e. The lowest BCUT2D eigenvalue weighted by Gasteiger charge is -2.33. The molecule has 26 heavy (non-hydrogen) atoms. The van der Waals surface area contributed by atoms with E-state index in [1.54, 1.807) is 6.07 Å². The van der Waals surface area contributed by atoms with E-state index in [0.29, 0.717) is 30.0 Å². The maximum absolute atomic E-state index is 11.6. The number of ether oxygens (including phenoxy) is 1. The van der Waals surface area contributed by atoms with Crippen LogP contribution in [0, 0.1) is 10.1 Å². The molecule has 1 saturated heterocycles. The van der Waals surface area contributed by atoms with Crippen LogP contribution < -0.4 is 9.64 Å². The lowest BCUT2D eigenvalue weighted by Crippen LogP contribution is -2.34. The van der Waals surface area contributed by atoms with Gasteiger partial charge in [-0.05, 0) is 44.7 Å². The molecule has 0 N–H and O–H groups in total. The zero-order valence-corrected chi connectivity index (χ0v) is 14.9. The Labute approximate surface area is 151 Å². The van der Waals surface area contributed by atoms with Gasteiger partial charge in [-0.1, -0.05) is 6.07 Å². The monoisotopic (exact) mass is 357 g/mol. The van der Waals surface area contributed by atoms with E-state index >= 15 is 0 Å². The van der Waals surface area contributed by atoms with Crippen molar-refractivity contribution in [3.8, 4) is 5.75 Å². The van der Waals surface area contributed by atoms with E-state index < -0.39 is 0 Å². The number of nitro groups is 1. The first-order valence-electron chi connectivity index (χ1n) is 9.23. The quantitative estimate of drug-likeness (QED) is 0.582. The first kappa shape index (κ1) is 16.8. The van der Waals surface area contributed by atoms with Crippen LogP contribution in [-0.4, -0.2) is 39.4 Å². The summed E-state index contributed by atoms with van der Waals surface area (Å²) in [5, 5.41) is 20.1. The molecule has 2 aromatic rings. The van der Waals surface area contributed by atoms with Crippen LogP contribution in [-0.2, 0) is 0 Å². The Bertz CT molecular complexity index is 794. The van der Waals surface area contributed by atoms with Gasteiger partial charge >= 0.3 is 5.69 Å². The summed E-state index contributed by atoms with van der Waals surface area (Å²) in [5.41, 5.74) is 0.706. The fraction of sp³-hybridized carbons (Fsp3) is 0.556. The zero-order valence-electron chi connectivity index (χ0n) is 14.9. The average Bonchev–Trinajstić information content (AvgIpc) is 3.38. The Morgan fingerprint density at radius 2 is 2.04 bits per heavy atom. The van der Waals surface area contributed by atoms with Crippen LogP contribution in [0.25, 0.3) is 0 Å². The fourth-order valence-corrected chi connectivity index (χ4v) is 3.78. The molecule has 8 heteroatoms. The van der Waals surface area contributed by atoms with E-state index in [-0.39, 0.29) is 10.6 Å². The Balaban J connectivity index is 1.52. The summed E-state index contributed by atoms with van der Waals surface area (Å²) in [6.07, 6.45) is 6.10. The maximum Gasteiger partial charge on any atom is 0.333 e. The third-order valence-electron chi connectivity index (χ3n) is 5.20. The molecule has 0 radical (unpaired) electrons. The zero-order chi connectivity index (χ0) is 18.1.